The Morgan fingerprint density at radius 1 is 1.40 bits per heavy atom. The van der Waals surface area contributed by atoms with Crippen LogP contribution in [0.2, 0.25) is 5.15 Å². The van der Waals surface area contributed by atoms with Crippen molar-refractivity contribution in [2.24, 2.45) is 0 Å². The summed E-state index contributed by atoms with van der Waals surface area (Å²) in [5.41, 5.74) is 0.419. The normalized spacial score (nSPS) is 12.3. The van der Waals surface area contributed by atoms with Gasteiger partial charge in [0.15, 0.2) is 0 Å². The average molecular weight is 307 g/mol. The second-order valence-corrected chi connectivity index (χ2v) is 5.90. The van der Waals surface area contributed by atoms with Crippen LogP contribution < -0.4 is 5.32 Å². The fraction of sp³-hybridized carbons (Fsp3) is 0.538. The van der Waals surface area contributed by atoms with E-state index in [9.17, 15) is 13.6 Å². The number of pyridine rings is 1. The van der Waals surface area contributed by atoms with Crippen LogP contribution in [-0.2, 0) is 5.41 Å². The SMILES string of the molecule is CC(C)(C)c1cc(C(=O)NCC(F)(F)CO)cc(Cl)n1. The average Bonchev–Trinajstić information content (AvgIpc) is 2.34. The van der Waals surface area contributed by atoms with Crippen LogP contribution in [-0.4, -0.2) is 35.1 Å². The number of hydrogen-bond donors (Lipinski definition) is 2. The first-order valence-electron chi connectivity index (χ1n) is 6.00. The Kier molecular flexibility index (Phi) is 5.05. The Bertz CT molecular complexity index is 502. The van der Waals surface area contributed by atoms with Crippen LogP contribution >= 0.6 is 11.6 Å². The van der Waals surface area contributed by atoms with Crippen LogP contribution in [0.5, 0.6) is 0 Å². The van der Waals surface area contributed by atoms with Crippen molar-refractivity contribution in [3.05, 3.63) is 28.5 Å². The Hall–Kier alpha value is -1.27. The molecule has 0 radical (unpaired) electrons. The first-order chi connectivity index (χ1) is 9.05. The molecule has 0 fully saturated rings. The van der Waals surface area contributed by atoms with E-state index in [2.05, 4.69) is 10.3 Å². The van der Waals surface area contributed by atoms with Gasteiger partial charge in [-0.2, -0.15) is 0 Å². The molecule has 4 nitrogen and oxygen atoms in total. The Labute approximate surface area is 121 Å². The lowest BCUT2D eigenvalue weighted by atomic mass is 9.91. The molecule has 0 unspecified atom stereocenters. The fourth-order valence-corrected chi connectivity index (χ4v) is 1.59. The van der Waals surface area contributed by atoms with E-state index in [0.29, 0.717) is 5.69 Å². The van der Waals surface area contributed by atoms with Crippen molar-refractivity contribution in [3.8, 4) is 0 Å². The van der Waals surface area contributed by atoms with Crippen LogP contribution in [0.25, 0.3) is 0 Å². The minimum absolute atomic E-state index is 0.122. The Balaban J connectivity index is 2.91. The number of aliphatic hydroxyl groups is 1. The highest BCUT2D eigenvalue weighted by molar-refractivity contribution is 6.29. The zero-order valence-electron chi connectivity index (χ0n) is 11.5. The van der Waals surface area contributed by atoms with Crippen molar-refractivity contribution in [1.29, 1.82) is 0 Å². The van der Waals surface area contributed by atoms with Gasteiger partial charge < -0.3 is 10.4 Å². The van der Waals surface area contributed by atoms with Gasteiger partial charge >= 0.3 is 0 Å². The summed E-state index contributed by atoms with van der Waals surface area (Å²) in [5.74, 6) is -4.03. The van der Waals surface area contributed by atoms with Crippen LogP contribution in [0.15, 0.2) is 12.1 Å². The van der Waals surface area contributed by atoms with Gasteiger partial charge in [0.25, 0.3) is 11.8 Å². The van der Waals surface area contributed by atoms with Gasteiger partial charge in [0.2, 0.25) is 0 Å². The smallest absolute Gasteiger partial charge is 0.287 e. The van der Waals surface area contributed by atoms with Crippen molar-refractivity contribution >= 4 is 17.5 Å². The minimum Gasteiger partial charge on any atom is -0.390 e. The molecule has 7 heteroatoms. The molecule has 1 amide bonds. The largest absolute Gasteiger partial charge is 0.390 e. The first kappa shape index (κ1) is 16.8. The molecule has 112 valence electrons. The van der Waals surface area contributed by atoms with Gasteiger partial charge in [-0.1, -0.05) is 32.4 Å². The number of hydrogen-bond acceptors (Lipinski definition) is 3. The fourth-order valence-electron chi connectivity index (χ4n) is 1.38. The zero-order valence-corrected chi connectivity index (χ0v) is 12.3. The molecular formula is C13H17ClF2N2O2. The molecule has 0 aromatic carbocycles. The molecule has 0 spiro atoms. The molecule has 0 bridgehead atoms. The lowest BCUT2D eigenvalue weighted by Crippen LogP contribution is -2.39. The molecule has 1 heterocycles. The standard InChI is InChI=1S/C13H17ClF2N2O2/c1-12(2,3)9-4-8(5-10(14)18-9)11(20)17-6-13(15,16)7-19/h4-5,19H,6-7H2,1-3H3,(H,17,20). The molecule has 0 aliphatic carbocycles. The molecule has 20 heavy (non-hydrogen) atoms. The highest BCUT2D eigenvalue weighted by atomic mass is 35.5. The second kappa shape index (κ2) is 6.01. The summed E-state index contributed by atoms with van der Waals surface area (Å²) in [6.07, 6.45) is 0. The number of amides is 1. The predicted molar refractivity (Wildman–Crippen MR) is 72.3 cm³/mol. The van der Waals surface area contributed by atoms with Gasteiger partial charge in [0.05, 0.1) is 6.54 Å². The second-order valence-electron chi connectivity index (χ2n) is 5.51. The van der Waals surface area contributed by atoms with Crippen LogP contribution in [0.1, 0.15) is 36.8 Å². The summed E-state index contributed by atoms with van der Waals surface area (Å²) in [6.45, 7) is 3.43. The number of carbonyl (C=O) groups is 1. The number of alkyl halides is 2. The maximum atomic E-state index is 12.9. The molecule has 1 aromatic rings. The third-order valence-electron chi connectivity index (χ3n) is 2.56. The summed E-state index contributed by atoms with van der Waals surface area (Å²) < 4.78 is 25.7. The zero-order chi connectivity index (χ0) is 15.6. The number of aromatic nitrogens is 1. The summed E-state index contributed by atoms with van der Waals surface area (Å²) in [6, 6.07) is 2.82. The van der Waals surface area contributed by atoms with E-state index in [1.54, 1.807) is 0 Å². The summed E-state index contributed by atoms with van der Waals surface area (Å²) >= 11 is 5.84. The lowest BCUT2D eigenvalue weighted by molar-refractivity contribution is -0.0462. The van der Waals surface area contributed by atoms with Gasteiger partial charge in [0, 0.05) is 16.7 Å². The highest BCUT2D eigenvalue weighted by Gasteiger charge is 2.28. The molecular weight excluding hydrogens is 290 g/mol. The van der Waals surface area contributed by atoms with E-state index in [1.807, 2.05) is 20.8 Å². The molecule has 0 aliphatic heterocycles. The van der Waals surface area contributed by atoms with Crippen LogP contribution in [0, 0.1) is 0 Å². The maximum absolute atomic E-state index is 12.9. The van der Waals surface area contributed by atoms with E-state index < -0.39 is 25.0 Å². The highest BCUT2D eigenvalue weighted by Crippen LogP contribution is 2.23. The summed E-state index contributed by atoms with van der Waals surface area (Å²) in [4.78, 5) is 15.9. The molecule has 2 N–H and O–H groups in total. The van der Waals surface area contributed by atoms with Crippen LogP contribution in [0.3, 0.4) is 0 Å². The summed E-state index contributed by atoms with van der Waals surface area (Å²) in [5, 5.41) is 10.6. The molecule has 1 rings (SSSR count). The number of nitrogens with one attached hydrogen (secondary N) is 1. The molecule has 0 saturated carbocycles. The van der Waals surface area contributed by atoms with Gasteiger partial charge in [0.1, 0.15) is 11.8 Å². The number of carbonyl (C=O) groups excluding carboxylic acids is 1. The lowest BCUT2D eigenvalue weighted by Gasteiger charge is -2.19. The predicted octanol–water partition coefficient (Wildman–Crippen LogP) is 2.39. The molecule has 1 aromatic heterocycles. The topological polar surface area (TPSA) is 62.2 Å². The van der Waals surface area contributed by atoms with Crippen LogP contribution in [0.4, 0.5) is 8.78 Å². The maximum Gasteiger partial charge on any atom is 0.287 e. The van der Waals surface area contributed by atoms with Gasteiger partial charge in [-0.25, -0.2) is 13.8 Å². The molecule has 0 saturated heterocycles. The van der Waals surface area contributed by atoms with E-state index in [1.165, 1.54) is 12.1 Å². The van der Waals surface area contributed by atoms with Gasteiger partial charge in [-0.15, -0.1) is 0 Å². The van der Waals surface area contributed by atoms with E-state index in [4.69, 9.17) is 16.7 Å². The van der Waals surface area contributed by atoms with Crippen molar-refractivity contribution in [2.45, 2.75) is 32.1 Å². The quantitative estimate of drug-likeness (QED) is 0.840. The Morgan fingerprint density at radius 2 is 2.00 bits per heavy atom. The third-order valence-corrected chi connectivity index (χ3v) is 2.76. The van der Waals surface area contributed by atoms with Crippen molar-refractivity contribution in [3.63, 3.8) is 0 Å². The third kappa shape index (κ3) is 4.68. The van der Waals surface area contributed by atoms with Gasteiger partial charge in [-0.3, -0.25) is 4.79 Å². The van der Waals surface area contributed by atoms with Crippen molar-refractivity contribution < 1.29 is 18.7 Å². The minimum atomic E-state index is -3.35. The number of aliphatic hydroxyl groups excluding tert-OH is 1. The molecule has 0 atom stereocenters. The van der Waals surface area contributed by atoms with E-state index in [-0.39, 0.29) is 16.1 Å². The molecule has 0 aliphatic rings. The number of halogens is 3. The number of nitrogens with zero attached hydrogens (tertiary/aromatic N) is 1. The number of rotatable bonds is 4. The van der Waals surface area contributed by atoms with E-state index >= 15 is 0 Å². The van der Waals surface area contributed by atoms with Crippen molar-refractivity contribution in [2.75, 3.05) is 13.2 Å². The monoisotopic (exact) mass is 306 g/mol. The van der Waals surface area contributed by atoms with Crippen molar-refractivity contribution in [1.82, 2.24) is 10.3 Å². The van der Waals surface area contributed by atoms with Gasteiger partial charge in [-0.05, 0) is 12.1 Å². The Morgan fingerprint density at radius 3 is 2.50 bits per heavy atom. The first-order valence-corrected chi connectivity index (χ1v) is 6.38. The van der Waals surface area contributed by atoms with E-state index in [0.717, 1.165) is 0 Å². The summed E-state index contributed by atoms with van der Waals surface area (Å²) in [7, 11) is 0.